The Kier molecular flexibility index (Phi) is 3.41. The summed E-state index contributed by atoms with van der Waals surface area (Å²) in [5, 5.41) is 10.1. The SMILES string of the molecule is O=C(c1ccccc1)N1[C@@H]2CC[C@@]1(C(=O)O)[C@H](c1ccccc1)C2. The van der Waals surface area contributed by atoms with Gasteiger partial charge in [-0.3, -0.25) is 4.79 Å². The third kappa shape index (κ3) is 1.99. The van der Waals surface area contributed by atoms with E-state index in [0.717, 1.165) is 18.4 Å². The average Bonchev–Trinajstić information content (AvgIpc) is 3.17. The van der Waals surface area contributed by atoms with E-state index >= 15 is 0 Å². The van der Waals surface area contributed by atoms with Crippen molar-refractivity contribution in [1.29, 1.82) is 0 Å². The van der Waals surface area contributed by atoms with Gasteiger partial charge >= 0.3 is 5.97 Å². The van der Waals surface area contributed by atoms with Gasteiger partial charge in [0.2, 0.25) is 0 Å². The Morgan fingerprint density at radius 3 is 2.25 bits per heavy atom. The van der Waals surface area contributed by atoms with Crippen LogP contribution in [-0.4, -0.2) is 33.5 Å². The van der Waals surface area contributed by atoms with Gasteiger partial charge in [-0.05, 0) is 37.0 Å². The molecule has 2 bridgehead atoms. The Bertz CT molecular complexity index is 774. The Morgan fingerprint density at radius 2 is 1.62 bits per heavy atom. The number of nitrogens with zero attached hydrogens (tertiary/aromatic N) is 1. The van der Waals surface area contributed by atoms with Crippen molar-refractivity contribution in [2.75, 3.05) is 0 Å². The first-order valence-electron chi connectivity index (χ1n) is 8.31. The van der Waals surface area contributed by atoms with Crippen LogP contribution in [0.4, 0.5) is 0 Å². The standard InChI is InChI=1S/C20H19NO3/c22-18(15-9-5-2-6-10-15)21-16-11-12-20(21,19(23)24)17(13-16)14-7-3-1-4-8-14/h1-10,16-17H,11-13H2,(H,23,24)/t16-,17+,20+/m1/s1. The second kappa shape index (κ2) is 5.48. The smallest absolute Gasteiger partial charge is 0.330 e. The van der Waals surface area contributed by atoms with Crippen molar-refractivity contribution in [2.45, 2.75) is 36.8 Å². The minimum absolute atomic E-state index is 0.000915. The van der Waals surface area contributed by atoms with Crippen molar-refractivity contribution in [1.82, 2.24) is 4.90 Å². The van der Waals surface area contributed by atoms with Gasteiger partial charge in [-0.1, -0.05) is 48.5 Å². The lowest BCUT2D eigenvalue weighted by Crippen LogP contribution is -2.53. The number of fused-ring (bicyclic) bond motifs is 2. The van der Waals surface area contributed by atoms with Gasteiger partial charge in [-0.15, -0.1) is 0 Å². The summed E-state index contributed by atoms with van der Waals surface area (Å²) < 4.78 is 0. The molecule has 4 nitrogen and oxygen atoms in total. The van der Waals surface area contributed by atoms with E-state index in [1.807, 2.05) is 48.5 Å². The molecular weight excluding hydrogens is 302 g/mol. The van der Waals surface area contributed by atoms with E-state index in [1.54, 1.807) is 17.0 Å². The van der Waals surface area contributed by atoms with E-state index in [-0.39, 0.29) is 17.9 Å². The second-order valence-corrected chi connectivity index (χ2v) is 6.66. The summed E-state index contributed by atoms with van der Waals surface area (Å²) >= 11 is 0. The van der Waals surface area contributed by atoms with Crippen LogP contribution in [-0.2, 0) is 4.79 Å². The van der Waals surface area contributed by atoms with Crippen LogP contribution in [0.15, 0.2) is 60.7 Å². The molecule has 1 N–H and O–H groups in total. The Balaban J connectivity index is 1.78. The van der Waals surface area contributed by atoms with E-state index < -0.39 is 11.5 Å². The van der Waals surface area contributed by atoms with E-state index in [9.17, 15) is 14.7 Å². The molecule has 0 unspecified atom stereocenters. The summed E-state index contributed by atoms with van der Waals surface area (Å²) in [6.07, 6.45) is 1.99. The number of hydrogen-bond donors (Lipinski definition) is 1. The number of carbonyl (C=O) groups is 2. The third-order valence-electron chi connectivity index (χ3n) is 5.55. The molecule has 24 heavy (non-hydrogen) atoms. The van der Waals surface area contributed by atoms with E-state index in [1.165, 1.54) is 0 Å². The maximum atomic E-state index is 13.1. The number of hydrogen-bond acceptors (Lipinski definition) is 2. The van der Waals surface area contributed by atoms with Crippen LogP contribution >= 0.6 is 0 Å². The van der Waals surface area contributed by atoms with Crippen LogP contribution in [0.2, 0.25) is 0 Å². The molecule has 0 aliphatic carbocycles. The lowest BCUT2D eigenvalue weighted by atomic mass is 9.74. The number of rotatable bonds is 3. The van der Waals surface area contributed by atoms with Crippen LogP contribution in [0, 0.1) is 0 Å². The fraction of sp³-hybridized carbons (Fsp3) is 0.300. The second-order valence-electron chi connectivity index (χ2n) is 6.66. The molecule has 2 aromatic rings. The van der Waals surface area contributed by atoms with Crippen molar-refractivity contribution in [2.24, 2.45) is 0 Å². The molecule has 4 heteroatoms. The van der Waals surface area contributed by atoms with Gasteiger partial charge in [0.05, 0.1) is 0 Å². The van der Waals surface area contributed by atoms with Gasteiger partial charge in [0.15, 0.2) is 0 Å². The van der Waals surface area contributed by atoms with Crippen molar-refractivity contribution in [3.05, 3.63) is 71.8 Å². The number of benzene rings is 2. The molecule has 0 radical (unpaired) electrons. The number of carboxylic acids is 1. The molecule has 0 aromatic heterocycles. The molecule has 0 spiro atoms. The van der Waals surface area contributed by atoms with Crippen molar-refractivity contribution in [3.63, 3.8) is 0 Å². The van der Waals surface area contributed by atoms with Gasteiger partial charge in [0.25, 0.3) is 5.91 Å². The van der Waals surface area contributed by atoms with Crippen LogP contribution in [0.5, 0.6) is 0 Å². The predicted octanol–water partition coefficient (Wildman–Crippen LogP) is 3.30. The molecule has 2 aliphatic heterocycles. The summed E-state index contributed by atoms with van der Waals surface area (Å²) in [6.45, 7) is 0. The normalized spacial score (nSPS) is 28.1. The Hall–Kier alpha value is -2.62. The van der Waals surface area contributed by atoms with Crippen LogP contribution < -0.4 is 0 Å². The summed E-state index contributed by atoms with van der Waals surface area (Å²) in [5.74, 6) is -1.21. The summed E-state index contributed by atoms with van der Waals surface area (Å²) in [4.78, 5) is 27.0. The molecule has 2 fully saturated rings. The zero-order valence-corrected chi connectivity index (χ0v) is 13.3. The predicted molar refractivity (Wildman–Crippen MR) is 89.8 cm³/mol. The van der Waals surface area contributed by atoms with Crippen LogP contribution in [0.25, 0.3) is 0 Å². The highest BCUT2D eigenvalue weighted by Crippen LogP contribution is 2.55. The maximum Gasteiger partial charge on any atom is 0.330 e. The lowest BCUT2D eigenvalue weighted by Gasteiger charge is -2.35. The van der Waals surface area contributed by atoms with Gasteiger partial charge in [-0.2, -0.15) is 0 Å². The Morgan fingerprint density at radius 1 is 1.00 bits per heavy atom. The lowest BCUT2D eigenvalue weighted by molar-refractivity contribution is -0.148. The highest BCUT2D eigenvalue weighted by molar-refractivity contribution is 5.99. The first-order valence-corrected chi connectivity index (χ1v) is 8.31. The molecule has 0 saturated carbocycles. The first-order chi connectivity index (χ1) is 11.6. The van der Waals surface area contributed by atoms with E-state index in [4.69, 9.17) is 0 Å². The maximum absolute atomic E-state index is 13.1. The highest BCUT2D eigenvalue weighted by Gasteiger charge is 2.64. The zero-order valence-electron chi connectivity index (χ0n) is 13.3. The average molecular weight is 321 g/mol. The molecule has 122 valence electrons. The summed E-state index contributed by atoms with van der Waals surface area (Å²) in [7, 11) is 0. The van der Waals surface area contributed by atoms with Crippen molar-refractivity contribution in [3.8, 4) is 0 Å². The largest absolute Gasteiger partial charge is 0.479 e. The molecule has 4 rings (SSSR count). The monoisotopic (exact) mass is 321 g/mol. The van der Waals surface area contributed by atoms with Gasteiger partial charge < -0.3 is 10.0 Å². The molecule has 2 aliphatic rings. The van der Waals surface area contributed by atoms with Gasteiger partial charge in [0.1, 0.15) is 5.54 Å². The number of amides is 1. The third-order valence-corrected chi connectivity index (χ3v) is 5.55. The minimum atomic E-state index is -1.13. The van der Waals surface area contributed by atoms with Gasteiger partial charge in [-0.25, -0.2) is 4.79 Å². The topological polar surface area (TPSA) is 57.6 Å². The summed E-state index contributed by atoms with van der Waals surface area (Å²) in [5.41, 5.74) is 0.440. The quantitative estimate of drug-likeness (QED) is 0.943. The fourth-order valence-electron chi connectivity index (χ4n) is 4.52. The van der Waals surface area contributed by atoms with Crippen LogP contribution in [0.1, 0.15) is 41.1 Å². The molecule has 3 atom stereocenters. The number of carbonyl (C=O) groups excluding carboxylic acids is 1. The van der Waals surface area contributed by atoms with E-state index in [2.05, 4.69) is 0 Å². The molecular formula is C20H19NO3. The van der Waals surface area contributed by atoms with Crippen molar-refractivity contribution >= 4 is 11.9 Å². The number of carboxylic acid groups (broad SMARTS) is 1. The minimum Gasteiger partial charge on any atom is -0.479 e. The molecule has 2 saturated heterocycles. The highest BCUT2D eigenvalue weighted by atomic mass is 16.4. The fourth-order valence-corrected chi connectivity index (χ4v) is 4.52. The van der Waals surface area contributed by atoms with Crippen LogP contribution in [0.3, 0.4) is 0 Å². The van der Waals surface area contributed by atoms with E-state index in [0.29, 0.717) is 12.0 Å². The number of aliphatic carboxylic acids is 1. The van der Waals surface area contributed by atoms with Gasteiger partial charge in [0, 0.05) is 17.5 Å². The first kappa shape index (κ1) is 14.9. The molecule has 2 heterocycles. The summed E-state index contributed by atoms with van der Waals surface area (Å²) in [6, 6.07) is 18.7. The molecule has 1 amide bonds. The zero-order chi connectivity index (χ0) is 16.7. The Labute approximate surface area is 140 Å². The molecule has 2 aromatic carbocycles. The van der Waals surface area contributed by atoms with Crippen molar-refractivity contribution < 1.29 is 14.7 Å².